The highest BCUT2D eigenvalue weighted by molar-refractivity contribution is 7.17. The molecule has 4 rings (SSSR count). The normalized spacial score (nSPS) is 17.3. The number of nitrogens with one attached hydrogen (secondary N) is 1. The monoisotopic (exact) mass is 371 g/mol. The summed E-state index contributed by atoms with van der Waals surface area (Å²) in [5, 5.41) is 12.9. The van der Waals surface area contributed by atoms with E-state index in [2.05, 4.69) is 20.4 Å². The molecule has 0 unspecified atom stereocenters. The number of carbonyl (C=O) groups is 1. The highest BCUT2D eigenvalue weighted by Gasteiger charge is 2.28. The van der Waals surface area contributed by atoms with Gasteiger partial charge in [0.2, 0.25) is 16.2 Å². The molecular formula is C18H18FN5OS. The van der Waals surface area contributed by atoms with Gasteiger partial charge in [-0.25, -0.2) is 4.39 Å². The maximum atomic E-state index is 13.3. The molecule has 1 saturated heterocycles. The molecular weight excluding hydrogens is 353 g/mol. The molecule has 1 atom stereocenters. The number of hydrogen-bond donors (Lipinski definition) is 1. The Labute approximate surface area is 154 Å². The molecule has 8 heteroatoms. The molecule has 1 aliphatic heterocycles. The van der Waals surface area contributed by atoms with Crippen LogP contribution < -0.4 is 10.2 Å². The van der Waals surface area contributed by atoms with E-state index in [4.69, 9.17) is 0 Å². The van der Waals surface area contributed by atoms with Crippen LogP contribution in [0.5, 0.6) is 0 Å². The van der Waals surface area contributed by atoms with Crippen LogP contribution in [0.15, 0.2) is 48.8 Å². The maximum absolute atomic E-state index is 13.3. The topological polar surface area (TPSA) is 63.1 Å². The third-order valence-corrected chi connectivity index (χ3v) is 5.38. The van der Waals surface area contributed by atoms with Gasteiger partial charge in [-0.1, -0.05) is 17.4 Å². The van der Waals surface area contributed by atoms with Crippen molar-refractivity contribution in [1.29, 1.82) is 0 Å². The van der Waals surface area contributed by atoms with Gasteiger partial charge in [-0.15, -0.1) is 10.2 Å². The average molecular weight is 371 g/mol. The zero-order chi connectivity index (χ0) is 17.9. The van der Waals surface area contributed by atoms with E-state index >= 15 is 0 Å². The van der Waals surface area contributed by atoms with E-state index in [1.54, 1.807) is 12.1 Å². The van der Waals surface area contributed by atoms with E-state index in [-0.39, 0.29) is 17.6 Å². The molecule has 0 radical (unpaired) electrons. The van der Waals surface area contributed by atoms with E-state index in [1.807, 2.05) is 29.1 Å². The van der Waals surface area contributed by atoms with Crippen molar-refractivity contribution < 1.29 is 9.18 Å². The molecule has 3 aromatic rings. The van der Waals surface area contributed by atoms with Crippen LogP contribution in [0.4, 0.5) is 15.2 Å². The second kappa shape index (κ2) is 7.25. The number of benzene rings is 1. The number of carbonyl (C=O) groups excluding carboxylic acids is 1. The highest BCUT2D eigenvalue weighted by Crippen LogP contribution is 2.28. The number of aromatic nitrogens is 3. The van der Waals surface area contributed by atoms with Gasteiger partial charge in [0, 0.05) is 31.2 Å². The lowest BCUT2D eigenvalue weighted by atomic mass is 9.97. The summed E-state index contributed by atoms with van der Waals surface area (Å²) in [5.41, 5.74) is 0.484. The Morgan fingerprint density at radius 3 is 2.81 bits per heavy atom. The lowest BCUT2D eigenvalue weighted by Crippen LogP contribution is -2.40. The highest BCUT2D eigenvalue weighted by atomic mass is 32.1. The third kappa shape index (κ3) is 3.60. The molecule has 2 aromatic heterocycles. The second-order valence-corrected chi connectivity index (χ2v) is 7.18. The Bertz CT molecular complexity index is 895. The van der Waals surface area contributed by atoms with Crippen molar-refractivity contribution >= 4 is 28.1 Å². The summed E-state index contributed by atoms with van der Waals surface area (Å²) < 4.78 is 15.2. The Kier molecular flexibility index (Phi) is 4.66. The van der Waals surface area contributed by atoms with Crippen molar-refractivity contribution in [2.45, 2.75) is 12.8 Å². The predicted octanol–water partition coefficient (Wildman–Crippen LogP) is 3.32. The summed E-state index contributed by atoms with van der Waals surface area (Å²) in [7, 11) is 0. The fraction of sp³-hybridized carbons (Fsp3) is 0.278. The third-order valence-electron chi connectivity index (χ3n) is 4.38. The van der Waals surface area contributed by atoms with Crippen LogP contribution in [0.1, 0.15) is 12.8 Å². The van der Waals surface area contributed by atoms with E-state index < -0.39 is 0 Å². The fourth-order valence-corrected chi connectivity index (χ4v) is 3.93. The fourth-order valence-electron chi connectivity index (χ4n) is 3.08. The van der Waals surface area contributed by atoms with Gasteiger partial charge in [-0.2, -0.15) is 0 Å². The SMILES string of the molecule is O=C(Nc1cccc(F)c1)[C@@H]1CCCN(c2nnc(-n3cccc3)s2)C1. The predicted molar refractivity (Wildman–Crippen MR) is 99.2 cm³/mol. The molecule has 0 bridgehead atoms. The van der Waals surface area contributed by atoms with Crippen LogP contribution in [-0.4, -0.2) is 33.8 Å². The first-order chi connectivity index (χ1) is 12.7. The van der Waals surface area contributed by atoms with Crippen molar-refractivity contribution in [1.82, 2.24) is 14.8 Å². The summed E-state index contributed by atoms with van der Waals surface area (Å²) in [6.07, 6.45) is 5.56. The van der Waals surface area contributed by atoms with E-state index in [9.17, 15) is 9.18 Å². The lowest BCUT2D eigenvalue weighted by molar-refractivity contribution is -0.120. The molecule has 1 aromatic carbocycles. The van der Waals surface area contributed by atoms with Crippen molar-refractivity contribution in [3.8, 4) is 5.13 Å². The van der Waals surface area contributed by atoms with Crippen LogP contribution in [0.3, 0.4) is 0 Å². The van der Waals surface area contributed by atoms with Crippen LogP contribution in [0, 0.1) is 11.7 Å². The number of piperidine rings is 1. The molecule has 1 aliphatic rings. The number of hydrogen-bond acceptors (Lipinski definition) is 5. The Morgan fingerprint density at radius 2 is 2.00 bits per heavy atom. The van der Waals surface area contributed by atoms with Gasteiger partial charge in [0.05, 0.1) is 5.92 Å². The lowest BCUT2D eigenvalue weighted by Gasteiger charge is -2.31. The molecule has 1 fully saturated rings. The molecule has 0 saturated carbocycles. The quantitative estimate of drug-likeness (QED) is 0.764. The molecule has 0 aliphatic carbocycles. The summed E-state index contributed by atoms with van der Waals surface area (Å²) in [4.78, 5) is 14.7. The number of nitrogens with zero attached hydrogens (tertiary/aromatic N) is 4. The molecule has 1 N–H and O–H groups in total. The van der Waals surface area contributed by atoms with E-state index in [1.165, 1.54) is 23.5 Å². The van der Waals surface area contributed by atoms with Crippen molar-refractivity contribution in [3.63, 3.8) is 0 Å². The zero-order valence-corrected chi connectivity index (χ0v) is 14.8. The van der Waals surface area contributed by atoms with Crippen molar-refractivity contribution in [2.75, 3.05) is 23.3 Å². The van der Waals surface area contributed by atoms with Crippen LogP contribution in [0.2, 0.25) is 0 Å². The minimum atomic E-state index is -0.362. The van der Waals surface area contributed by atoms with E-state index in [0.29, 0.717) is 12.2 Å². The molecule has 6 nitrogen and oxygen atoms in total. The first-order valence-electron chi connectivity index (χ1n) is 8.47. The van der Waals surface area contributed by atoms with Gasteiger partial charge in [-0.3, -0.25) is 9.36 Å². The molecule has 134 valence electrons. The van der Waals surface area contributed by atoms with Gasteiger partial charge >= 0.3 is 0 Å². The zero-order valence-electron chi connectivity index (χ0n) is 14.0. The van der Waals surface area contributed by atoms with Crippen LogP contribution in [0.25, 0.3) is 5.13 Å². The van der Waals surface area contributed by atoms with Crippen molar-refractivity contribution in [2.24, 2.45) is 5.92 Å². The van der Waals surface area contributed by atoms with Gasteiger partial charge < -0.3 is 10.2 Å². The molecule has 3 heterocycles. The molecule has 0 spiro atoms. The van der Waals surface area contributed by atoms with Gasteiger partial charge in [0.15, 0.2) is 0 Å². The first kappa shape index (κ1) is 16.7. The molecule has 26 heavy (non-hydrogen) atoms. The minimum Gasteiger partial charge on any atom is -0.346 e. The summed E-state index contributed by atoms with van der Waals surface area (Å²) in [6.45, 7) is 1.44. The molecule has 1 amide bonds. The van der Waals surface area contributed by atoms with Gasteiger partial charge in [0.25, 0.3) is 0 Å². The van der Waals surface area contributed by atoms with Crippen LogP contribution >= 0.6 is 11.3 Å². The summed E-state index contributed by atoms with van der Waals surface area (Å²) in [6, 6.07) is 9.84. The van der Waals surface area contributed by atoms with Crippen LogP contribution in [-0.2, 0) is 4.79 Å². The summed E-state index contributed by atoms with van der Waals surface area (Å²) >= 11 is 1.50. The minimum absolute atomic E-state index is 0.0875. The van der Waals surface area contributed by atoms with E-state index in [0.717, 1.165) is 29.6 Å². The largest absolute Gasteiger partial charge is 0.346 e. The smallest absolute Gasteiger partial charge is 0.229 e. The Morgan fingerprint density at radius 1 is 1.19 bits per heavy atom. The Hall–Kier alpha value is -2.74. The maximum Gasteiger partial charge on any atom is 0.229 e. The number of halogens is 1. The second-order valence-electron chi connectivity index (χ2n) is 6.24. The summed E-state index contributed by atoms with van der Waals surface area (Å²) in [5.74, 6) is -0.610. The van der Waals surface area contributed by atoms with Gasteiger partial charge in [-0.05, 0) is 43.2 Å². The average Bonchev–Trinajstić information content (AvgIpc) is 3.33. The number of anilines is 2. The van der Waals surface area contributed by atoms with Crippen molar-refractivity contribution in [3.05, 3.63) is 54.6 Å². The number of amides is 1. The first-order valence-corrected chi connectivity index (χ1v) is 9.29. The Balaban J connectivity index is 1.43. The number of rotatable bonds is 4. The van der Waals surface area contributed by atoms with Gasteiger partial charge in [0.1, 0.15) is 5.82 Å². The standard InChI is InChI=1S/C18H18FN5OS/c19-14-6-3-7-15(11-14)20-16(25)13-5-4-10-24(12-13)18-22-21-17(26-18)23-8-1-2-9-23/h1-3,6-9,11,13H,4-5,10,12H2,(H,20,25)/t13-/m1/s1.